The molecule has 1 aromatic heterocycles. The van der Waals surface area contributed by atoms with E-state index in [9.17, 15) is 9.59 Å². The molecule has 2 N–H and O–H groups in total. The minimum absolute atomic E-state index is 0.134. The number of nitrogens with zero attached hydrogens (tertiary/aromatic N) is 1. The highest BCUT2D eigenvalue weighted by molar-refractivity contribution is 9.10. The average Bonchev–Trinajstić information content (AvgIpc) is 3.22. The number of carbonyl (C=O) groups is 2. The molecule has 0 spiro atoms. The van der Waals surface area contributed by atoms with Crippen LogP contribution in [-0.4, -0.2) is 17.5 Å². The summed E-state index contributed by atoms with van der Waals surface area (Å²) in [5.41, 5.74) is 5.29. The lowest BCUT2D eigenvalue weighted by atomic mass is 10.1. The molecule has 0 atom stereocenters. The van der Waals surface area contributed by atoms with E-state index in [2.05, 4.69) is 31.8 Å². The monoisotopic (exact) mass is 441 g/mol. The highest BCUT2D eigenvalue weighted by Crippen LogP contribution is 2.15. The topological polar surface area (TPSA) is 70.6 Å². The van der Waals surface area contributed by atoms with Gasteiger partial charge >= 0.3 is 0 Å². The molecule has 27 heavy (non-hydrogen) atoms. The number of hydrogen-bond acceptors (Lipinski definition) is 4. The third-order valence-corrected chi connectivity index (χ3v) is 5.13. The zero-order valence-electron chi connectivity index (χ0n) is 14.4. The summed E-state index contributed by atoms with van der Waals surface area (Å²) < 4.78 is 0.907. The van der Waals surface area contributed by atoms with E-state index in [1.807, 2.05) is 23.6 Å². The van der Waals surface area contributed by atoms with Crippen LogP contribution in [0.25, 0.3) is 0 Å². The molecule has 2 amide bonds. The van der Waals surface area contributed by atoms with Crippen molar-refractivity contribution in [3.63, 3.8) is 0 Å². The van der Waals surface area contributed by atoms with E-state index in [0.717, 1.165) is 10.0 Å². The van der Waals surface area contributed by atoms with Gasteiger partial charge in [0.15, 0.2) is 0 Å². The Morgan fingerprint density at radius 1 is 0.926 bits per heavy atom. The second kappa shape index (κ2) is 8.75. The Balaban J connectivity index is 1.62. The number of rotatable bonds is 5. The predicted molar refractivity (Wildman–Crippen MR) is 113 cm³/mol. The largest absolute Gasteiger partial charge is 0.321 e. The summed E-state index contributed by atoms with van der Waals surface area (Å²) in [4.78, 5) is 24.8. The van der Waals surface area contributed by atoms with Crippen molar-refractivity contribution in [2.24, 2.45) is 5.10 Å². The van der Waals surface area contributed by atoms with Crippen LogP contribution in [0.2, 0.25) is 0 Å². The fourth-order valence-electron chi connectivity index (χ4n) is 2.26. The van der Waals surface area contributed by atoms with Crippen LogP contribution < -0.4 is 10.7 Å². The smallest absolute Gasteiger partial charge is 0.271 e. The maximum absolute atomic E-state index is 12.1. The van der Waals surface area contributed by atoms with Gasteiger partial charge in [0.25, 0.3) is 11.8 Å². The number of thiophene rings is 1. The highest BCUT2D eigenvalue weighted by Gasteiger charge is 2.08. The minimum Gasteiger partial charge on any atom is -0.321 e. The van der Waals surface area contributed by atoms with Crippen molar-refractivity contribution >= 4 is 50.5 Å². The molecule has 0 bridgehead atoms. The number of anilines is 1. The molecule has 3 rings (SSSR count). The molecule has 0 saturated carbocycles. The maximum Gasteiger partial charge on any atom is 0.271 e. The van der Waals surface area contributed by atoms with Gasteiger partial charge in [0.1, 0.15) is 0 Å². The van der Waals surface area contributed by atoms with Crippen LogP contribution in [-0.2, 0) is 0 Å². The van der Waals surface area contributed by atoms with E-state index < -0.39 is 0 Å². The van der Waals surface area contributed by atoms with Gasteiger partial charge in [-0.05, 0) is 60.3 Å². The van der Waals surface area contributed by atoms with Gasteiger partial charge in [0, 0.05) is 15.7 Å². The van der Waals surface area contributed by atoms with E-state index in [4.69, 9.17) is 0 Å². The van der Waals surface area contributed by atoms with Gasteiger partial charge in [-0.2, -0.15) is 5.10 Å². The van der Waals surface area contributed by atoms with E-state index in [0.29, 0.717) is 21.8 Å². The third kappa shape index (κ3) is 5.12. The van der Waals surface area contributed by atoms with Crippen LogP contribution in [0.4, 0.5) is 5.69 Å². The SMILES string of the molecule is CC(=NNC(=O)c1ccc(Br)cc1)c1ccc(NC(=O)c2cccs2)cc1. The van der Waals surface area contributed by atoms with Gasteiger partial charge in [-0.15, -0.1) is 11.3 Å². The Morgan fingerprint density at radius 3 is 2.22 bits per heavy atom. The maximum atomic E-state index is 12.1. The normalized spacial score (nSPS) is 11.1. The molecule has 0 unspecified atom stereocenters. The van der Waals surface area contributed by atoms with Crippen LogP contribution >= 0.6 is 27.3 Å². The number of carbonyl (C=O) groups excluding carboxylic acids is 2. The lowest BCUT2D eigenvalue weighted by Crippen LogP contribution is -2.19. The molecule has 0 aliphatic heterocycles. The number of hydrogen-bond donors (Lipinski definition) is 2. The molecular formula is C20H16BrN3O2S. The van der Waals surface area contributed by atoms with Crippen molar-refractivity contribution < 1.29 is 9.59 Å². The van der Waals surface area contributed by atoms with Crippen LogP contribution in [0.15, 0.2) is 75.6 Å². The van der Waals surface area contributed by atoms with E-state index in [1.165, 1.54) is 11.3 Å². The second-order valence-electron chi connectivity index (χ2n) is 5.65. The van der Waals surface area contributed by atoms with Crippen molar-refractivity contribution in [2.75, 3.05) is 5.32 Å². The zero-order chi connectivity index (χ0) is 19.2. The van der Waals surface area contributed by atoms with E-state index in [1.54, 1.807) is 49.4 Å². The summed E-state index contributed by atoms with van der Waals surface area (Å²) in [7, 11) is 0. The Morgan fingerprint density at radius 2 is 1.59 bits per heavy atom. The average molecular weight is 442 g/mol. The standard InChI is InChI=1S/C20H16BrN3O2S/c1-13(23-24-19(25)15-4-8-16(21)9-5-15)14-6-10-17(11-7-14)22-20(26)18-3-2-12-27-18/h2-12H,1H3,(H,22,26)(H,24,25). The molecule has 1 heterocycles. The zero-order valence-corrected chi connectivity index (χ0v) is 16.8. The summed E-state index contributed by atoms with van der Waals surface area (Å²) in [6.07, 6.45) is 0. The Bertz CT molecular complexity index is 965. The van der Waals surface area contributed by atoms with Gasteiger partial charge in [0.05, 0.1) is 10.6 Å². The molecule has 0 fully saturated rings. The van der Waals surface area contributed by atoms with Gasteiger partial charge in [0.2, 0.25) is 0 Å². The number of amides is 2. The summed E-state index contributed by atoms with van der Waals surface area (Å²) in [5, 5.41) is 8.85. The first-order chi connectivity index (χ1) is 13.0. The lowest BCUT2D eigenvalue weighted by molar-refractivity contribution is 0.0954. The molecule has 2 aromatic carbocycles. The minimum atomic E-state index is -0.276. The van der Waals surface area contributed by atoms with E-state index in [-0.39, 0.29) is 11.8 Å². The number of nitrogens with one attached hydrogen (secondary N) is 2. The molecule has 5 nitrogen and oxygen atoms in total. The first-order valence-electron chi connectivity index (χ1n) is 8.08. The lowest BCUT2D eigenvalue weighted by Gasteiger charge is -2.06. The summed E-state index contributed by atoms with van der Waals surface area (Å²) in [6.45, 7) is 1.81. The molecule has 0 saturated heterocycles. The summed E-state index contributed by atoms with van der Waals surface area (Å²) >= 11 is 4.73. The molecular weight excluding hydrogens is 426 g/mol. The van der Waals surface area contributed by atoms with Crippen LogP contribution in [0.1, 0.15) is 32.5 Å². The van der Waals surface area contributed by atoms with Gasteiger partial charge < -0.3 is 5.32 Å². The number of benzene rings is 2. The van der Waals surface area contributed by atoms with Crippen molar-refractivity contribution in [3.8, 4) is 0 Å². The molecule has 0 aliphatic carbocycles. The molecule has 0 aliphatic rings. The Labute approximate surface area is 169 Å². The Hall–Kier alpha value is -2.77. The van der Waals surface area contributed by atoms with Gasteiger partial charge in [-0.1, -0.05) is 34.1 Å². The first kappa shape index (κ1) is 19.0. The number of halogens is 1. The van der Waals surface area contributed by atoms with Crippen molar-refractivity contribution in [2.45, 2.75) is 6.92 Å². The van der Waals surface area contributed by atoms with Gasteiger partial charge in [-0.25, -0.2) is 5.43 Å². The first-order valence-corrected chi connectivity index (χ1v) is 9.75. The Kier molecular flexibility index (Phi) is 6.16. The van der Waals surface area contributed by atoms with E-state index >= 15 is 0 Å². The number of hydrazone groups is 1. The third-order valence-electron chi connectivity index (χ3n) is 3.74. The molecule has 7 heteroatoms. The van der Waals surface area contributed by atoms with Crippen LogP contribution in [0.3, 0.4) is 0 Å². The van der Waals surface area contributed by atoms with Crippen LogP contribution in [0.5, 0.6) is 0 Å². The summed E-state index contributed by atoms with van der Waals surface area (Å²) in [5.74, 6) is -0.411. The fourth-order valence-corrected chi connectivity index (χ4v) is 3.14. The highest BCUT2D eigenvalue weighted by atomic mass is 79.9. The predicted octanol–water partition coefficient (Wildman–Crippen LogP) is 4.92. The van der Waals surface area contributed by atoms with Crippen molar-refractivity contribution in [1.82, 2.24) is 5.43 Å². The fraction of sp³-hybridized carbons (Fsp3) is 0.0500. The molecule has 136 valence electrons. The van der Waals surface area contributed by atoms with Crippen LogP contribution in [0, 0.1) is 0 Å². The second-order valence-corrected chi connectivity index (χ2v) is 7.52. The molecule has 3 aromatic rings. The molecule has 0 radical (unpaired) electrons. The van der Waals surface area contributed by atoms with Gasteiger partial charge in [-0.3, -0.25) is 9.59 Å². The quantitative estimate of drug-likeness (QED) is 0.435. The summed E-state index contributed by atoms with van der Waals surface area (Å²) in [6, 6.07) is 17.9. The van der Waals surface area contributed by atoms with Crippen molar-refractivity contribution in [3.05, 3.63) is 86.5 Å². The van der Waals surface area contributed by atoms with Crippen molar-refractivity contribution in [1.29, 1.82) is 0 Å².